The van der Waals surface area contributed by atoms with Gasteiger partial charge in [-0.2, -0.15) is 0 Å². The zero-order valence-corrected chi connectivity index (χ0v) is 8.24. The van der Waals surface area contributed by atoms with E-state index in [-0.39, 0.29) is 11.9 Å². The fraction of sp³-hybridized carbons (Fsp3) is 0.333. The number of carbonyl (C=O) groups excluding carboxylic acids is 1. The van der Waals surface area contributed by atoms with E-state index < -0.39 is 0 Å². The van der Waals surface area contributed by atoms with Crippen LogP contribution >= 0.6 is 11.6 Å². The van der Waals surface area contributed by atoms with E-state index >= 15 is 0 Å². The highest BCUT2D eigenvalue weighted by molar-refractivity contribution is 6.29. The van der Waals surface area contributed by atoms with E-state index in [0.29, 0.717) is 23.8 Å². The maximum absolute atomic E-state index is 11.7. The first-order valence-corrected chi connectivity index (χ1v) is 4.71. The summed E-state index contributed by atoms with van der Waals surface area (Å²) in [5.74, 6) is -0.0315. The molecule has 1 aromatic heterocycles. The highest BCUT2D eigenvalue weighted by Crippen LogP contribution is 2.13. The molecule has 1 aliphatic heterocycles. The van der Waals surface area contributed by atoms with E-state index in [0.717, 1.165) is 0 Å². The monoisotopic (exact) mass is 211 g/mol. The van der Waals surface area contributed by atoms with Gasteiger partial charge < -0.3 is 10.6 Å². The summed E-state index contributed by atoms with van der Waals surface area (Å²) >= 11 is 5.68. The molecule has 2 heterocycles. The quantitative estimate of drug-likeness (QED) is 0.689. The van der Waals surface area contributed by atoms with Crippen LogP contribution in [0.4, 0.5) is 0 Å². The Morgan fingerprint density at radius 1 is 1.64 bits per heavy atom. The molecular formula is C9H10ClN3O. The molecule has 0 aromatic carbocycles. The van der Waals surface area contributed by atoms with Gasteiger partial charge in [-0.3, -0.25) is 4.79 Å². The van der Waals surface area contributed by atoms with Gasteiger partial charge in [-0.25, -0.2) is 4.98 Å². The summed E-state index contributed by atoms with van der Waals surface area (Å²) in [4.78, 5) is 17.2. The third-order valence-electron chi connectivity index (χ3n) is 2.17. The predicted octanol–water partition coefficient (Wildman–Crippen LogP) is 0.518. The van der Waals surface area contributed by atoms with Gasteiger partial charge in [0.15, 0.2) is 0 Å². The highest BCUT2D eigenvalue weighted by atomic mass is 35.5. The van der Waals surface area contributed by atoms with Gasteiger partial charge in [0, 0.05) is 30.9 Å². The van der Waals surface area contributed by atoms with Crippen LogP contribution < -0.4 is 5.73 Å². The zero-order chi connectivity index (χ0) is 10.1. The third-order valence-corrected chi connectivity index (χ3v) is 2.38. The lowest BCUT2D eigenvalue weighted by atomic mass is 10.1. The van der Waals surface area contributed by atoms with Crippen LogP contribution in [-0.4, -0.2) is 34.9 Å². The second-order valence-corrected chi connectivity index (χ2v) is 3.72. The highest BCUT2D eigenvalue weighted by Gasteiger charge is 2.28. The third kappa shape index (κ3) is 1.71. The molecule has 74 valence electrons. The molecule has 14 heavy (non-hydrogen) atoms. The van der Waals surface area contributed by atoms with Gasteiger partial charge in [0.25, 0.3) is 5.91 Å². The summed E-state index contributed by atoms with van der Waals surface area (Å²) in [6.07, 6.45) is 1.52. The van der Waals surface area contributed by atoms with Gasteiger partial charge in [-0.1, -0.05) is 11.6 Å². The van der Waals surface area contributed by atoms with Gasteiger partial charge in [0.2, 0.25) is 0 Å². The smallest absolute Gasteiger partial charge is 0.254 e. The lowest BCUT2D eigenvalue weighted by Gasteiger charge is -2.36. The largest absolute Gasteiger partial charge is 0.335 e. The summed E-state index contributed by atoms with van der Waals surface area (Å²) in [5, 5.41) is 0.334. The molecule has 4 nitrogen and oxygen atoms in total. The minimum absolute atomic E-state index is 0.0315. The maximum Gasteiger partial charge on any atom is 0.254 e. The van der Waals surface area contributed by atoms with Gasteiger partial charge >= 0.3 is 0 Å². The normalized spacial score (nSPS) is 16.6. The molecule has 0 bridgehead atoms. The Hall–Kier alpha value is -1.13. The number of rotatable bonds is 1. The van der Waals surface area contributed by atoms with Crippen LogP contribution in [0.25, 0.3) is 0 Å². The average molecular weight is 212 g/mol. The van der Waals surface area contributed by atoms with Crippen molar-refractivity contribution < 1.29 is 4.79 Å². The lowest BCUT2D eigenvalue weighted by molar-refractivity contribution is 0.0608. The van der Waals surface area contributed by atoms with Crippen molar-refractivity contribution in [1.82, 2.24) is 9.88 Å². The van der Waals surface area contributed by atoms with Gasteiger partial charge in [0.05, 0.1) is 0 Å². The molecule has 0 saturated carbocycles. The first kappa shape index (κ1) is 9.43. The van der Waals surface area contributed by atoms with E-state index in [2.05, 4.69) is 4.98 Å². The number of carbonyl (C=O) groups is 1. The molecule has 0 atom stereocenters. The first-order valence-electron chi connectivity index (χ1n) is 4.33. The SMILES string of the molecule is NC1CN(C(=O)c2ccnc(Cl)c2)C1. The number of nitrogens with two attached hydrogens (primary N) is 1. The fourth-order valence-corrected chi connectivity index (χ4v) is 1.57. The summed E-state index contributed by atoms with van der Waals surface area (Å²) in [7, 11) is 0. The van der Waals surface area contributed by atoms with Crippen LogP contribution in [-0.2, 0) is 0 Å². The molecule has 0 radical (unpaired) electrons. The van der Waals surface area contributed by atoms with Crippen molar-refractivity contribution in [3.8, 4) is 0 Å². The summed E-state index contributed by atoms with van der Waals surface area (Å²) in [5.41, 5.74) is 6.15. The Morgan fingerprint density at radius 2 is 2.36 bits per heavy atom. The van der Waals surface area contributed by atoms with Crippen molar-refractivity contribution in [2.45, 2.75) is 6.04 Å². The van der Waals surface area contributed by atoms with Crippen molar-refractivity contribution in [3.63, 3.8) is 0 Å². The minimum atomic E-state index is -0.0315. The number of aromatic nitrogens is 1. The number of halogens is 1. The molecule has 0 unspecified atom stereocenters. The Morgan fingerprint density at radius 3 is 2.93 bits per heavy atom. The summed E-state index contributed by atoms with van der Waals surface area (Å²) in [6, 6.07) is 3.34. The van der Waals surface area contributed by atoms with Crippen molar-refractivity contribution in [2.24, 2.45) is 5.73 Å². The fourth-order valence-electron chi connectivity index (χ4n) is 1.40. The van der Waals surface area contributed by atoms with E-state index in [9.17, 15) is 4.79 Å². The Labute approximate surface area is 86.7 Å². The van der Waals surface area contributed by atoms with Crippen LogP contribution in [0.5, 0.6) is 0 Å². The van der Waals surface area contributed by atoms with Gasteiger partial charge in [-0.15, -0.1) is 0 Å². The standard InChI is InChI=1S/C9H10ClN3O/c10-8-3-6(1-2-12-8)9(14)13-4-7(11)5-13/h1-3,7H,4-5,11H2. The van der Waals surface area contributed by atoms with E-state index in [1.54, 1.807) is 17.0 Å². The van der Waals surface area contributed by atoms with Crippen molar-refractivity contribution in [1.29, 1.82) is 0 Å². The number of nitrogens with zero attached hydrogens (tertiary/aromatic N) is 2. The molecular weight excluding hydrogens is 202 g/mol. The molecule has 5 heteroatoms. The summed E-state index contributed by atoms with van der Waals surface area (Å²) in [6.45, 7) is 1.25. The summed E-state index contributed by atoms with van der Waals surface area (Å²) < 4.78 is 0. The van der Waals surface area contributed by atoms with Gasteiger partial charge in [0.1, 0.15) is 5.15 Å². The van der Waals surface area contributed by atoms with Crippen LogP contribution in [0.1, 0.15) is 10.4 Å². The molecule has 1 saturated heterocycles. The molecule has 0 aliphatic carbocycles. The second-order valence-electron chi connectivity index (χ2n) is 3.34. The molecule has 1 aromatic rings. The first-order chi connectivity index (χ1) is 6.66. The maximum atomic E-state index is 11.7. The number of amides is 1. The molecule has 1 fully saturated rings. The lowest BCUT2D eigenvalue weighted by Crippen LogP contribution is -2.57. The topological polar surface area (TPSA) is 59.2 Å². The van der Waals surface area contributed by atoms with Crippen molar-refractivity contribution in [3.05, 3.63) is 29.0 Å². The number of likely N-dealkylation sites (tertiary alicyclic amines) is 1. The zero-order valence-electron chi connectivity index (χ0n) is 7.48. The van der Waals surface area contributed by atoms with E-state index in [1.165, 1.54) is 6.20 Å². The molecule has 1 amide bonds. The number of hydrogen-bond acceptors (Lipinski definition) is 3. The second kappa shape index (κ2) is 3.55. The Bertz CT molecular complexity index is 363. The van der Waals surface area contributed by atoms with Crippen LogP contribution in [0, 0.1) is 0 Å². The van der Waals surface area contributed by atoms with Crippen LogP contribution in [0.3, 0.4) is 0 Å². The predicted molar refractivity (Wildman–Crippen MR) is 53.1 cm³/mol. The van der Waals surface area contributed by atoms with Crippen molar-refractivity contribution in [2.75, 3.05) is 13.1 Å². The number of hydrogen-bond donors (Lipinski definition) is 1. The van der Waals surface area contributed by atoms with Crippen molar-refractivity contribution >= 4 is 17.5 Å². The molecule has 1 aliphatic rings. The van der Waals surface area contributed by atoms with Gasteiger partial charge in [-0.05, 0) is 12.1 Å². The molecule has 0 spiro atoms. The van der Waals surface area contributed by atoms with E-state index in [4.69, 9.17) is 17.3 Å². The minimum Gasteiger partial charge on any atom is -0.335 e. The average Bonchev–Trinajstić information content (AvgIpc) is 2.12. The van der Waals surface area contributed by atoms with Crippen LogP contribution in [0.15, 0.2) is 18.3 Å². The van der Waals surface area contributed by atoms with Crippen LogP contribution in [0.2, 0.25) is 5.15 Å². The number of pyridine rings is 1. The molecule has 2 N–H and O–H groups in total. The Kier molecular flexibility index (Phi) is 2.39. The van der Waals surface area contributed by atoms with E-state index in [1.807, 2.05) is 0 Å². The molecule has 2 rings (SSSR count). The Balaban J connectivity index is 2.12.